The molecule has 0 fully saturated rings. The summed E-state index contributed by atoms with van der Waals surface area (Å²) >= 11 is 0. The zero-order valence-electron chi connectivity index (χ0n) is 12.7. The fraction of sp³-hybridized carbons (Fsp3) is 0.438. The molecule has 122 valence electrons. The summed E-state index contributed by atoms with van der Waals surface area (Å²) in [7, 11) is 0. The minimum Gasteiger partial charge on any atom is -0.452 e. The van der Waals surface area contributed by atoms with E-state index in [4.69, 9.17) is 24.1 Å². The Bertz CT molecular complexity index is 445. The van der Waals surface area contributed by atoms with E-state index in [1.807, 2.05) is 18.2 Å². The highest BCUT2D eigenvalue weighted by molar-refractivity contribution is 5.87. The van der Waals surface area contributed by atoms with Crippen molar-refractivity contribution >= 4 is 5.97 Å². The SMILES string of the molecule is C=C(C)C(=O)OC(COCCOCCO)Oc1ccccc1. The molecule has 0 amide bonds. The van der Waals surface area contributed by atoms with Gasteiger partial charge in [0.25, 0.3) is 6.29 Å². The van der Waals surface area contributed by atoms with Crippen LogP contribution in [0.4, 0.5) is 0 Å². The first kappa shape index (κ1) is 18.2. The fourth-order valence-corrected chi connectivity index (χ4v) is 1.43. The Labute approximate surface area is 130 Å². The average molecular weight is 310 g/mol. The molecule has 1 N–H and O–H groups in total. The van der Waals surface area contributed by atoms with E-state index < -0.39 is 12.3 Å². The van der Waals surface area contributed by atoms with Gasteiger partial charge < -0.3 is 24.1 Å². The summed E-state index contributed by atoms with van der Waals surface area (Å²) in [5.74, 6) is 0.0307. The maximum atomic E-state index is 11.6. The molecule has 0 aromatic heterocycles. The van der Waals surface area contributed by atoms with Crippen molar-refractivity contribution in [2.24, 2.45) is 0 Å². The third kappa shape index (κ3) is 7.78. The van der Waals surface area contributed by atoms with Crippen molar-refractivity contribution in [3.63, 3.8) is 0 Å². The molecule has 1 aromatic carbocycles. The lowest BCUT2D eigenvalue weighted by Gasteiger charge is -2.19. The van der Waals surface area contributed by atoms with Crippen molar-refractivity contribution in [1.29, 1.82) is 0 Å². The Kier molecular flexibility index (Phi) is 8.90. The summed E-state index contributed by atoms with van der Waals surface area (Å²) in [6.45, 7) is 6.03. The van der Waals surface area contributed by atoms with Crippen LogP contribution in [0.2, 0.25) is 0 Å². The van der Waals surface area contributed by atoms with Crippen molar-refractivity contribution in [1.82, 2.24) is 0 Å². The second kappa shape index (κ2) is 10.8. The number of para-hydroxylation sites is 1. The van der Waals surface area contributed by atoms with Crippen LogP contribution in [0.15, 0.2) is 42.5 Å². The minimum atomic E-state index is -0.871. The van der Waals surface area contributed by atoms with Gasteiger partial charge in [0.15, 0.2) is 0 Å². The Morgan fingerprint density at radius 1 is 1.18 bits per heavy atom. The molecule has 0 saturated heterocycles. The third-order valence-corrected chi connectivity index (χ3v) is 2.46. The number of hydrogen-bond acceptors (Lipinski definition) is 6. The molecule has 6 heteroatoms. The molecule has 1 rings (SSSR count). The predicted octanol–water partition coefficient (Wildman–Crippen LogP) is 1.54. The maximum absolute atomic E-state index is 11.6. The van der Waals surface area contributed by atoms with Crippen LogP contribution >= 0.6 is 0 Å². The number of carbonyl (C=O) groups is 1. The summed E-state index contributed by atoms with van der Waals surface area (Å²) in [5.41, 5.74) is 0.285. The number of hydrogen-bond donors (Lipinski definition) is 1. The highest BCUT2D eigenvalue weighted by atomic mass is 16.7. The van der Waals surface area contributed by atoms with Gasteiger partial charge in [-0.25, -0.2) is 4.79 Å². The van der Waals surface area contributed by atoms with Crippen LogP contribution in [0.25, 0.3) is 0 Å². The lowest BCUT2D eigenvalue weighted by atomic mass is 10.3. The first-order valence-corrected chi connectivity index (χ1v) is 6.98. The summed E-state index contributed by atoms with van der Waals surface area (Å²) in [6, 6.07) is 9.00. The molecule has 1 unspecified atom stereocenters. The highest BCUT2D eigenvalue weighted by Gasteiger charge is 2.17. The maximum Gasteiger partial charge on any atom is 0.336 e. The van der Waals surface area contributed by atoms with Gasteiger partial charge in [-0.05, 0) is 19.1 Å². The van der Waals surface area contributed by atoms with Crippen LogP contribution in [0, 0.1) is 0 Å². The van der Waals surface area contributed by atoms with Crippen LogP contribution in [-0.4, -0.2) is 50.4 Å². The quantitative estimate of drug-likeness (QED) is 0.289. The molecule has 0 spiro atoms. The number of aliphatic hydroxyl groups is 1. The summed E-state index contributed by atoms with van der Waals surface area (Å²) in [6.07, 6.45) is -0.871. The number of ether oxygens (including phenoxy) is 4. The smallest absolute Gasteiger partial charge is 0.336 e. The highest BCUT2D eigenvalue weighted by Crippen LogP contribution is 2.12. The Balaban J connectivity index is 2.44. The van der Waals surface area contributed by atoms with E-state index in [0.717, 1.165) is 0 Å². The largest absolute Gasteiger partial charge is 0.452 e. The Morgan fingerprint density at radius 2 is 1.86 bits per heavy atom. The Morgan fingerprint density at radius 3 is 2.50 bits per heavy atom. The molecule has 0 radical (unpaired) electrons. The van der Waals surface area contributed by atoms with Crippen molar-refractivity contribution < 1.29 is 28.8 Å². The van der Waals surface area contributed by atoms with Crippen LogP contribution in [0.5, 0.6) is 5.75 Å². The molecule has 22 heavy (non-hydrogen) atoms. The average Bonchev–Trinajstić information content (AvgIpc) is 2.51. The predicted molar refractivity (Wildman–Crippen MR) is 80.5 cm³/mol. The van der Waals surface area contributed by atoms with E-state index in [1.54, 1.807) is 19.1 Å². The summed E-state index contributed by atoms with van der Waals surface area (Å²) in [5, 5.41) is 8.57. The zero-order chi connectivity index (χ0) is 16.2. The molecule has 0 bridgehead atoms. The monoisotopic (exact) mass is 310 g/mol. The van der Waals surface area contributed by atoms with Crippen molar-refractivity contribution in [2.45, 2.75) is 13.2 Å². The summed E-state index contributed by atoms with van der Waals surface area (Å²) < 4.78 is 21.2. The number of carbonyl (C=O) groups excluding carboxylic acids is 1. The van der Waals surface area contributed by atoms with Gasteiger partial charge in [-0.3, -0.25) is 0 Å². The lowest BCUT2D eigenvalue weighted by Crippen LogP contribution is -2.30. The Hall–Kier alpha value is -1.89. The van der Waals surface area contributed by atoms with E-state index >= 15 is 0 Å². The number of rotatable bonds is 11. The van der Waals surface area contributed by atoms with Crippen molar-refractivity contribution in [3.8, 4) is 5.75 Å². The molecule has 1 atom stereocenters. The van der Waals surface area contributed by atoms with Gasteiger partial charge >= 0.3 is 5.97 Å². The normalized spacial score (nSPS) is 11.7. The van der Waals surface area contributed by atoms with E-state index in [-0.39, 0.29) is 25.4 Å². The molecule has 1 aromatic rings. The van der Waals surface area contributed by atoms with Gasteiger partial charge in [0.2, 0.25) is 0 Å². The van der Waals surface area contributed by atoms with Gasteiger partial charge in [0.05, 0.1) is 26.4 Å². The molecule has 0 aliphatic rings. The van der Waals surface area contributed by atoms with E-state index in [0.29, 0.717) is 19.0 Å². The minimum absolute atomic E-state index is 0.0318. The second-order valence-corrected chi connectivity index (χ2v) is 4.46. The number of esters is 1. The second-order valence-electron chi connectivity index (χ2n) is 4.46. The van der Waals surface area contributed by atoms with E-state index in [9.17, 15) is 4.79 Å². The fourth-order valence-electron chi connectivity index (χ4n) is 1.43. The molecular weight excluding hydrogens is 288 g/mol. The van der Waals surface area contributed by atoms with Gasteiger partial charge in [0, 0.05) is 5.57 Å². The van der Waals surface area contributed by atoms with Crippen molar-refractivity contribution in [3.05, 3.63) is 42.5 Å². The zero-order valence-corrected chi connectivity index (χ0v) is 12.7. The molecule has 0 aliphatic carbocycles. The molecule has 0 aliphatic heterocycles. The van der Waals surface area contributed by atoms with Gasteiger partial charge in [-0.1, -0.05) is 24.8 Å². The van der Waals surface area contributed by atoms with Crippen LogP contribution in [0.3, 0.4) is 0 Å². The first-order valence-electron chi connectivity index (χ1n) is 6.98. The van der Waals surface area contributed by atoms with Gasteiger partial charge in [-0.2, -0.15) is 0 Å². The van der Waals surface area contributed by atoms with Gasteiger partial charge in [0.1, 0.15) is 12.4 Å². The summed E-state index contributed by atoms with van der Waals surface area (Å²) in [4.78, 5) is 11.6. The van der Waals surface area contributed by atoms with Gasteiger partial charge in [-0.15, -0.1) is 0 Å². The van der Waals surface area contributed by atoms with Crippen LogP contribution in [0.1, 0.15) is 6.92 Å². The van der Waals surface area contributed by atoms with E-state index in [2.05, 4.69) is 6.58 Å². The number of benzene rings is 1. The lowest BCUT2D eigenvalue weighted by molar-refractivity contribution is -0.167. The molecular formula is C16H22O6. The topological polar surface area (TPSA) is 74.2 Å². The third-order valence-electron chi connectivity index (χ3n) is 2.46. The number of aliphatic hydroxyl groups excluding tert-OH is 1. The van der Waals surface area contributed by atoms with Crippen LogP contribution in [-0.2, 0) is 19.0 Å². The molecule has 0 heterocycles. The van der Waals surface area contributed by atoms with Crippen molar-refractivity contribution in [2.75, 3.05) is 33.0 Å². The molecule has 6 nitrogen and oxygen atoms in total. The molecule has 0 saturated carbocycles. The van der Waals surface area contributed by atoms with Crippen LogP contribution < -0.4 is 4.74 Å². The van der Waals surface area contributed by atoms with E-state index in [1.165, 1.54) is 0 Å². The first-order chi connectivity index (χ1) is 10.6. The standard InChI is InChI=1S/C16H22O6/c1-13(2)16(18)22-15(12-20-11-10-19-9-8-17)21-14-6-4-3-5-7-14/h3-7,15,17H,1,8-12H2,2H3.